The molecule has 2 heterocycles. The minimum atomic E-state index is 0. The molecular formula is C20H39IN4O3. The molecule has 0 spiro atoms. The SMILES string of the molecule is CCCNC(=O)CCN=C(NCC)N1CCC(OCC2CCCCO2)CC1.I. The number of halogens is 1. The molecule has 1 unspecified atom stereocenters. The van der Waals surface area contributed by atoms with Gasteiger partial charge in [-0.3, -0.25) is 9.79 Å². The summed E-state index contributed by atoms with van der Waals surface area (Å²) >= 11 is 0. The molecule has 0 aromatic rings. The lowest BCUT2D eigenvalue weighted by molar-refractivity contribution is -0.120. The van der Waals surface area contributed by atoms with Gasteiger partial charge in [-0.25, -0.2) is 0 Å². The van der Waals surface area contributed by atoms with E-state index in [1.807, 2.05) is 0 Å². The minimum absolute atomic E-state index is 0. The summed E-state index contributed by atoms with van der Waals surface area (Å²) in [4.78, 5) is 18.6. The highest BCUT2D eigenvalue weighted by atomic mass is 127. The predicted octanol–water partition coefficient (Wildman–Crippen LogP) is 2.54. The standard InChI is InChI=1S/C20H38N4O3.HI/c1-3-11-22-19(25)8-12-23-20(21-4-2)24-13-9-17(10-14-24)27-16-18-7-5-6-15-26-18;/h17-18H,3-16H2,1-2H3,(H,21,23)(H,22,25);1H. The van der Waals surface area contributed by atoms with Crippen LogP contribution in [-0.4, -0.2) is 74.9 Å². The second-order valence-corrected chi connectivity index (χ2v) is 7.34. The van der Waals surface area contributed by atoms with Crippen molar-refractivity contribution in [1.82, 2.24) is 15.5 Å². The Morgan fingerprint density at radius 2 is 1.96 bits per heavy atom. The molecule has 0 radical (unpaired) electrons. The van der Waals surface area contributed by atoms with E-state index in [9.17, 15) is 4.79 Å². The first kappa shape index (κ1) is 25.4. The molecule has 0 aromatic carbocycles. The van der Waals surface area contributed by atoms with E-state index in [1.54, 1.807) is 0 Å². The molecule has 1 amide bonds. The summed E-state index contributed by atoms with van der Waals surface area (Å²) in [6, 6.07) is 0. The first-order chi connectivity index (χ1) is 13.2. The Hall–Kier alpha value is -0.610. The lowest BCUT2D eigenvalue weighted by Crippen LogP contribution is -2.47. The van der Waals surface area contributed by atoms with Crippen molar-refractivity contribution >= 4 is 35.8 Å². The highest BCUT2D eigenvalue weighted by Gasteiger charge is 2.23. The summed E-state index contributed by atoms with van der Waals surface area (Å²) in [6.45, 7) is 9.69. The maximum Gasteiger partial charge on any atom is 0.221 e. The summed E-state index contributed by atoms with van der Waals surface area (Å²) in [5.74, 6) is 0.989. The second-order valence-electron chi connectivity index (χ2n) is 7.34. The van der Waals surface area contributed by atoms with Crippen LogP contribution in [0.15, 0.2) is 4.99 Å². The lowest BCUT2D eigenvalue weighted by atomic mass is 10.1. The number of piperidine rings is 1. The molecule has 2 fully saturated rings. The zero-order chi connectivity index (χ0) is 19.3. The Morgan fingerprint density at radius 3 is 2.61 bits per heavy atom. The zero-order valence-corrected chi connectivity index (χ0v) is 19.9. The summed E-state index contributed by atoms with van der Waals surface area (Å²) in [5, 5.41) is 6.25. The lowest BCUT2D eigenvalue weighted by Gasteiger charge is -2.35. The van der Waals surface area contributed by atoms with Crippen LogP contribution in [0.25, 0.3) is 0 Å². The van der Waals surface area contributed by atoms with Crippen LogP contribution < -0.4 is 10.6 Å². The zero-order valence-electron chi connectivity index (χ0n) is 17.6. The number of amides is 1. The Bertz CT molecular complexity index is 451. The molecule has 2 aliphatic rings. The topological polar surface area (TPSA) is 75.2 Å². The molecule has 2 N–H and O–H groups in total. The van der Waals surface area contributed by atoms with Gasteiger partial charge < -0.3 is 25.0 Å². The Kier molecular flexibility index (Phi) is 13.9. The van der Waals surface area contributed by atoms with Crippen LogP contribution in [0.3, 0.4) is 0 Å². The number of carbonyl (C=O) groups is 1. The van der Waals surface area contributed by atoms with Crippen molar-refractivity contribution in [3.63, 3.8) is 0 Å². The van der Waals surface area contributed by atoms with Crippen LogP contribution >= 0.6 is 24.0 Å². The van der Waals surface area contributed by atoms with E-state index < -0.39 is 0 Å². The predicted molar refractivity (Wildman–Crippen MR) is 123 cm³/mol. The summed E-state index contributed by atoms with van der Waals surface area (Å²) in [5.41, 5.74) is 0. The third kappa shape index (κ3) is 9.73. The van der Waals surface area contributed by atoms with E-state index in [1.165, 1.54) is 12.8 Å². The van der Waals surface area contributed by atoms with E-state index in [0.29, 0.717) is 19.1 Å². The number of hydrogen-bond acceptors (Lipinski definition) is 4. The first-order valence-corrected chi connectivity index (χ1v) is 10.8. The molecule has 2 aliphatic heterocycles. The van der Waals surface area contributed by atoms with Gasteiger partial charge in [-0.05, 0) is 45.4 Å². The molecule has 2 rings (SSSR count). The van der Waals surface area contributed by atoms with Gasteiger partial charge >= 0.3 is 0 Å². The maximum absolute atomic E-state index is 11.7. The number of nitrogens with zero attached hydrogens (tertiary/aromatic N) is 2. The smallest absolute Gasteiger partial charge is 0.221 e. The van der Waals surface area contributed by atoms with Crippen LogP contribution in [0.1, 0.15) is 58.8 Å². The molecule has 7 nitrogen and oxygen atoms in total. The highest BCUT2D eigenvalue weighted by Crippen LogP contribution is 2.18. The maximum atomic E-state index is 11.7. The molecule has 1 atom stereocenters. The van der Waals surface area contributed by atoms with Gasteiger partial charge in [-0.15, -0.1) is 24.0 Å². The van der Waals surface area contributed by atoms with Crippen molar-refractivity contribution in [3.8, 4) is 0 Å². The number of hydrogen-bond donors (Lipinski definition) is 2. The second kappa shape index (κ2) is 15.3. The normalized spacial score (nSPS) is 21.1. The average Bonchev–Trinajstić information content (AvgIpc) is 2.71. The third-order valence-electron chi connectivity index (χ3n) is 5.04. The van der Waals surface area contributed by atoms with E-state index in [2.05, 4.69) is 34.4 Å². The molecule has 0 bridgehead atoms. The molecule has 8 heteroatoms. The number of carbonyl (C=O) groups excluding carboxylic acids is 1. The van der Waals surface area contributed by atoms with E-state index in [4.69, 9.17) is 9.47 Å². The fourth-order valence-corrected chi connectivity index (χ4v) is 3.46. The van der Waals surface area contributed by atoms with Crippen LogP contribution in [0.5, 0.6) is 0 Å². The summed E-state index contributed by atoms with van der Waals surface area (Å²) in [6.07, 6.45) is 7.58. The number of guanidine groups is 1. The largest absolute Gasteiger partial charge is 0.376 e. The minimum Gasteiger partial charge on any atom is -0.376 e. The van der Waals surface area contributed by atoms with Crippen molar-refractivity contribution in [2.75, 3.05) is 45.9 Å². The van der Waals surface area contributed by atoms with Gasteiger partial charge in [-0.1, -0.05) is 6.92 Å². The molecule has 2 saturated heterocycles. The van der Waals surface area contributed by atoms with Crippen molar-refractivity contribution < 1.29 is 14.3 Å². The van der Waals surface area contributed by atoms with Crippen LogP contribution in [0.4, 0.5) is 0 Å². The average molecular weight is 510 g/mol. The number of ether oxygens (including phenoxy) is 2. The monoisotopic (exact) mass is 510 g/mol. The fraction of sp³-hybridized carbons (Fsp3) is 0.900. The van der Waals surface area contributed by atoms with Crippen LogP contribution in [0, 0.1) is 0 Å². The van der Waals surface area contributed by atoms with Gasteiger partial charge in [0.15, 0.2) is 5.96 Å². The summed E-state index contributed by atoms with van der Waals surface area (Å²) < 4.78 is 11.8. The third-order valence-corrected chi connectivity index (χ3v) is 5.04. The van der Waals surface area contributed by atoms with Gasteiger partial charge in [0.05, 0.1) is 25.4 Å². The fourth-order valence-electron chi connectivity index (χ4n) is 3.46. The van der Waals surface area contributed by atoms with Crippen molar-refractivity contribution in [2.45, 2.75) is 71.0 Å². The molecule has 164 valence electrons. The van der Waals surface area contributed by atoms with Crippen molar-refractivity contribution in [3.05, 3.63) is 0 Å². The van der Waals surface area contributed by atoms with Crippen molar-refractivity contribution in [1.29, 1.82) is 0 Å². The Balaban J connectivity index is 0.00000392. The molecule has 0 aliphatic carbocycles. The van der Waals surface area contributed by atoms with Gasteiger partial charge in [-0.2, -0.15) is 0 Å². The first-order valence-electron chi connectivity index (χ1n) is 10.8. The van der Waals surface area contributed by atoms with E-state index in [-0.39, 0.29) is 36.0 Å². The van der Waals surface area contributed by atoms with E-state index in [0.717, 1.165) is 71.0 Å². The highest BCUT2D eigenvalue weighted by molar-refractivity contribution is 14.0. The molecule has 0 aromatic heterocycles. The number of rotatable bonds is 9. The Morgan fingerprint density at radius 1 is 1.18 bits per heavy atom. The number of aliphatic imine (C=N–C) groups is 1. The van der Waals surface area contributed by atoms with Gasteiger partial charge in [0.1, 0.15) is 0 Å². The van der Waals surface area contributed by atoms with Gasteiger partial charge in [0.25, 0.3) is 0 Å². The number of nitrogens with one attached hydrogen (secondary N) is 2. The van der Waals surface area contributed by atoms with Gasteiger partial charge in [0.2, 0.25) is 5.91 Å². The molecule has 0 saturated carbocycles. The molecule has 28 heavy (non-hydrogen) atoms. The quantitative estimate of drug-likeness (QED) is 0.283. The van der Waals surface area contributed by atoms with E-state index >= 15 is 0 Å². The van der Waals surface area contributed by atoms with Crippen molar-refractivity contribution in [2.24, 2.45) is 4.99 Å². The number of likely N-dealkylation sites (tertiary alicyclic amines) is 1. The van der Waals surface area contributed by atoms with Gasteiger partial charge in [0, 0.05) is 39.2 Å². The molecular weight excluding hydrogens is 471 g/mol. The Labute approximate surface area is 187 Å². The van der Waals surface area contributed by atoms with Crippen LogP contribution in [-0.2, 0) is 14.3 Å². The summed E-state index contributed by atoms with van der Waals surface area (Å²) in [7, 11) is 0. The van der Waals surface area contributed by atoms with Crippen LogP contribution in [0.2, 0.25) is 0 Å².